The van der Waals surface area contributed by atoms with Crippen molar-refractivity contribution in [1.29, 1.82) is 5.26 Å². The van der Waals surface area contributed by atoms with Gasteiger partial charge in [-0.3, -0.25) is 4.79 Å². The van der Waals surface area contributed by atoms with Crippen molar-refractivity contribution in [2.75, 3.05) is 0 Å². The molecule has 0 unspecified atom stereocenters. The van der Waals surface area contributed by atoms with E-state index >= 15 is 0 Å². The van der Waals surface area contributed by atoms with Crippen LogP contribution in [0.5, 0.6) is 0 Å². The van der Waals surface area contributed by atoms with Gasteiger partial charge in [-0.1, -0.05) is 19.1 Å². The number of fused-ring (bicyclic) bond motifs is 1. The third-order valence-corrected chi connectivity index (χ3v) is 4.37. The quantitative estimate of drug-likeness (QED) is 0.686. The summed E-state index contributed by atoms with van der Waals surface area (Å²) < 4.78 is 6.51. The molecule has 25 heavy (non-hydrogen) atoms. The van der Waals surface area contributed by atoms with Gasteiger partial charge in [0.2, 0.25) is 0 Å². The molecule has 0 amide bonds. The van der Waals surface area contributed by atoms with E-state index in [1.807, 2.05) is 31.2 Å². The van der Waals surface area contributed by atoms with Crippen LogP contribution in [0, 0.1) is 25.2 Å². The molecule has 3 aromatic rings. The highest BCUT2D eigenvalue weighted by molar-refractivity contribution is 5.80. The van der Waals surface area contributed by atoms with Crippen LogP contribution in [0.4, 0.5) is 0 Å². The molecule has 0 fully saturated rings. The number of hydrogen-bond acceptors (Lipinski definition) is 5. The van der Waals surface area contributed by atoms with Crippen LogP contribution in [-0.4, -0.2) is 9.78 Å². The zero-order chi connectivity index (χ0) is 18.1. The van der Waals surface area contributed by atoms with Gasteiger partial charge in [0.15, 0.2) is 0 Å². The molecule has 0 aliphatic rings. The number of aryl methyl sites for hydroxylation is 2. The molecule has 6 heteroatoms. The second-order valence-corrected chi connectivity index (χ2v) is 5.93. The molecule has 0 atom stereocenters. The highest BCUT2D eigenvalue weighted by atomic mass is 16.4. The number of aromatic nitrogens is 2. The standard InChI is InChI=1S/C19H17N3O3/c1-4-13-5-6-15-14(8-18(23)25-17(15)7-13)10-22-19(24)16(9-20)11(2)12(3)21-22/h5-8H,4,10H2,1-3H3. The second kappa shape index (κ2) is 6.36. The first kappa shape index (κ1) is 16.7. The second-order valence-electron chi connectivity index (χ2n) is 5.93. The van der Waals surface area contributed by atoms with Crippen molar-refractivity contribution in [3.05, 3.63) is 73.0 Å². The van der Waals surface area contributed by atoms with Gasteiger partial charge in [-0.2, -0.15) is 10.4 Å². The molecule has 126 valence electrons. The van der Waals surface area contributed by atoms with Gasteiger partial charge in [0, 0.05) is 11.5 Å². The van der Waals surface area contributed by atoms with Gasteiger partial charge in [-0.05, 0) is 43.0 Å². The Morgan fingerprint density at radius 1 is 1.24 bits per heavy atom. The molecule has 0 aliphatic carbocycles. The minimum atomic E-state index is -0.479. The predicted molar refractivity (Wildman–Crippen MR) is 93.7 cm³/mol. The molecule has 3 rings (SSSR count). The van der Waals surface area contributed by atoms with E-state index in [1.54, 1.807) is 13.8 Å². The van der Waals surface area contributed by atoms with Crippen LogP contribution in [0.15, 0.2) is 38.3 Å². The highest BCUT2D eigenvalue weighted by Crippen LogP contribution is 2.20. The zero-order valence-corrected chi connectivity index (χ0v) is 14.3. The van der Waals surface area contributed by atoms with Gasteiger partial charge < -0.3 is 4.42 Å². The smallest absolute Gasteiger partial charge is 0.336 e. The van der Waals surface area contributed by atoms with Gasteiger partial charge in [0.05, 0.1) is 12.2 Å². The van der Waals surface area contributed by atoms with Crippen molar-refractivity contribution in [3.8, 4) is 6.07 Å². The lowest BCUT2D eigenvalue weighted by molar-refractivity contribution is 0.553. The number of rotatable bonds is 3. The summed E-state index contributed by atoms with van der Waals surface area (Å²) in [6, 6.07) is 8.98. The number of hydrogen-bond donors (Lipinski definition) is 0. The molecule has 0 bridgehead atoms. The fourth-order valence-corrected chi connectivity index (χ4v) is 2.80. The van der Waals surface area contributed by atoms with Crippen molar-refractivity contribution in [1.82, 2.24) is 9.78 Å². The molecular formula is C19H17N3O3. The van der Waals surface area contributed by atoms with E-state index in [-0.39, 0.29) is 12.1 Å². The summed E-state index contributed by atoms with van der Waals surface area (Å²) in [6.45, 7) is 5.57. The molecule has 2 heterocycles. The Morgan fingerprint density at radius 3 is 2.68 bits per heavy atom. The van der Waals surface area contributed by atoms with Crippen LogP contribution in [0.25, 0.3) is 11.0 Å². The van der Waals surface area contributed by atoms with Crippen LogP contribution in [-0.2, 0) is 13.0 Å². The Bertz CT molecular complexity index is 1130. The Morgan fingerprint density at radius 2 is 2.00 bits per heavy atom. The van der Waals surface area contributed by atoms with Crippen LogP contribution < -0.4 is 11.2 Å². The lowest BCUT2D eigenvalue weighted by atomic mass is 10.1. The molecule has 6 nitrogen and oxygen atoms in total. The summed E-state index contributed by atoms with van der Waals surface area (Å²) in [7, 11) is 0. The van der Waals surface area contributed by atoms with Gasteiger partial charge in [-0.25, -0.2) is 9.48 Å². The summed E-state index contributed by atoms with van der Waals surface area (Å²) in [5.74, 6) is 0. The lowest BCUT2D eigenvalue weighted by Gasteiger charge is -2.11. The lowest BCUT2D eigenvalue weighted by Crippen LogP contribution is -2.28. The number of benzene rings is 1. The molecule has 0 N–H and O–H groups in total. The van der Waals surface area contributed by atoms with E-state index in [0.29, 0.717) is 22.4 Å². The van der Waals surface area contributed by atoms with E-state index in [2.05, 4.69) is 5.10 Å². The van der Waals surface area contributed by atoms with E-state index in [0.717, 1.165) is 17.4 Å². The molecule has 0 saturated heterocycles. The Hall–Kier alpha value is -3.20. The fraction of sp³-hybridized carbons (Fsp3) is 0.263. The monoisotopic (exact) mass is 335 g/mol. The molecule has 0 radical (unpaired) electrons. The van der Waals surface area contributed by atoms with Gasteiger partial charge in [0.25, 0.3) is 5.56 Å². The summed E-state index contributed by atoms with van der Waals surface area (Å²) in [4.78, 5) is 24.4. The predicted octanol–water partition coefficient (Wildman–Crippen LogP) is 2.45. The van der Waals surface area contributed by atoms with E-state index in [1.165, 1.54) is 10.7 Å². The maximum atomic E-state index is 12.5. The summed E-state index contributed by atoms with van der Waals surface area (Å²) in [5, 5.41) is 14.3. The third-order valence-electron chi connectivity index (χ3n) is 4.37. The van der Waals surface area contributed by atoms with Crippen molar-refractivity contribution in [2.45, 2.75) is 33.7 Å². The van der Waals surface area contributed by atoms with Gasteiger partial charge in [0.1, 0.15) is 17.2 Å². The normalized spacial score (nSPS) is 10.8. The fourth-order valence-electron chi connectivity index (χ4n) is 2.80. The SMILES string of the molecule is CCc1ccc2c(Cn3nc(C)c(C)c(C#N)c3=O)cc(=O)oc2c1. The minimum Gasteiger partial charge on any atom is -0.423 e. The average molecular weight is 335 g/mol. The Kier molecular flexibility index (Phi) is 4.24. The van der Waals surface area contributed by atoms with E-state index in [9.17, 15) is 14.9 Å². The first-order valence-corrected chi connectivity index (χ1v) is 7.98. The van der Waals surface area contributed by atoms with Crippen LogP contribution >= 0.6 is 0 Å². The van der Waals surface area contributed by atoms with Crippen molar-refractivity contribution >= 4 is 11.0 Å². The summed E-state index contributed by atoms with van der Waals surface area (Å²) in [6.07, 6.45) is 0.827. The molecule has 1 aromatic carbocycles. The molecular weight excluding hydrogens is 318 g/mol. The molecule has 0 aliphatic heterocycles. The Balaban J connectivity index is 2.20. The van der Waals surface area contributed by atoms with Gasteiger partial charge in [-0.15, -0.1) is 0 Å². The molecule has 0 spiro atoms. The maximum Gasteiger partial charge on any atom is 0.336 e. The third kappa shape index (κ3) is 2.96. The van der Waals surface area contributed by atoms with Gasteiger partial charge >= 0.3 is 5.63 Å². The van der Waals surface area contributed by atoms with Crippen LogP contribution in [0.3, 0.4) is 0 Å². The van der Waals surface area contributed by atoms with Crippen molar-refractivity contribution in [3.63, 3.8) is 0 Å². The Labute approximate surface area is 143 Å². The van der Waals surface area contributed by atoms with Crippen LogP contribution in [0.1, 0.15) is 34.9 Å². The minimum absolute atomic E-state index is 0.0769. The average Bonchev–Trinajstić information content (AvgIpc) is 2.59. The zero-order valence-electron chi connectivity index (χ0n) is 14.3. The molecule has 0 saturated carbocycles. The van der Waals surface area contributed by atoms with Crippen LogP contribution in [0.2, 0.25) is 0 Å². The maximum absolute atomic E-state index is 12.5. The first-order chi connectivity index (χ1) is 11.9. The van der Waals surface area contributed by atoms with E-state index < -0.39 is 11.2 Å². The number of nitriles is 1. The van der Waals surface area contributed by atoms with Crippen molar-refractivity contribution in [2.24, 2.45) is 0 Å². The number of nitrogens with zero attached hydrogens (tertiary/aromatic N) is 3. The van der Waals surface area contributed by atoms with Crippen molar-refractivity contribution < 1.29 is 4.42 Å². The topological polar surface area (TPSA) is 88.9 Å². The van der Waals surface area contributed by atoms with E-state index in [4.69, 9.17) is 4.42 Å². The summed E-state index contributed by atoms with van der Waals surface area (Å²) >= 11 is 0. The largest absolute Gasteiger partial charge is 0.423 e. The highest BCUT2D eigenvalue weighted by Gasteiger charge is 2.14. The first-order valence-electron chi connectivity index (χ1n) is 7.98. The summed E-state index contributed by atoms with van der Waals surface area (Å²) in [5.41, 5.74) is 2.50. The molecule has 2 aromatic heterocycles.